The maximum absolute atomic E-state index is 11.3. The summed E-state index contributed by atoms with van der Waals surface area (Å²) in [5, 5.41) is 3.08. The Morgan fingerprint density at radius 2 is 1.76 bits per heavy atom. The van der Waals surface area contributed by atoms with Crippen molar-refractivity contribution in [2.24, 2.45) is 0 Å². The maximum Gasteiger partial charge on any atom is 0.175 e. The highest BCUT2D eigenvalue weighted by molar-refractivity contribution is 7.90. The Morgan fingerprint density at radius 1 is 1.06 bits per heavy atom. The number of rotatable bonds is 3. The van der Waals surface area contributed by atoms with Crippen LogP contribution in [0.3, 0.4) is 0 Å². The Labute approximate surface area is 100 Å². The van der Waals surface area contributed by atoms with Crippen molar-refractivity contribution in [1.29, 1.82) is 0 Å². The number of benzene rings is 1. The normalized spacial score (nSPS) is 11.1. The van der Waals surface area contributed by atoms with Gasteiger partial charge in [-0.1, -0.05) is 6.07 Å². The molecule has 0 saturated heterocycles. The lowest BCUT2D eigenvalue weighted by molar-refractivity contribution is 0.602. The predicted octanol–water partition coefficient (Wildman–Crippen LogP) is 2.23. The Bertz CT molecular complexity index is 592. The summed E-state index contributed by atoms with van der Waals surface area (Å²) >= 11 is 0. The number of nitrogens with one attached hydrogen (secondary N) is 1. The van der Waals surface area contributed by atoms with Crippen molar-refractivity contribution in [3.05, 3.63) is 48.7 Å². The molecule has 4 nitrogen and oxygen atoms in total. The van der Waals surface area contributed by atoms with Gasteiger partial charge < -0.3 is 5.32 Å². The summed E-state index contributed by atoms with van der Waals surface area (Å²) in [7, 11) is -3.14. The Kier molecular flexibility index (Phi) is 3.10. The Hall–Kier alpha value is -1.88. The van der Waals surface area contributed by atoms with Crippen LogP contribution < -0.4 is 5.32 Å². The summed E-state index contributed by atoms with van der Waals surface area (Å²) in [5.74, 6) is 0.722. The number of pyridine rings is 1. The number of anilines is 2. The lowest BCUT2D eigenvalue weighted by Gasteiger charge is -2.05. The zero-order chi connectivity index (χ0) is 12.3. The van der Waals surface area contributed by atoms with Crippen LogP contribution >= 0.6 is 0 Å². The SMILES string of the molecule is CS(=O)(=O)c1ccc(Nc2ccccn2)cc1. The highest BCUT2D eigenvalue weighted by Gasteiger charge is 2.05. The van der Waals surface area contributed by atoms with Gasteiger partial charge in [-0.05, 0) is 36.4 Å². The van der Waals surface area contributed by atoms with Crippen molar-refractivity contribution in [1.82, 2.24) is 4.98 Å². The third kappa shape index (κ3) is 3.04. The van der Waals surface area contributed by atoms with E-state index in [0.717, 1.165) is 11.5 Å². The number of aromatic nitrogens is 1. The predicted molar refractivity (Wildman–Crippen MR) is 67.1 cm³/mol. The van der Waals surface area contributed by atoms with Gasteiger partial charge in [0.05, 0.1) is 4.90 Å². The Morgan fingerprint density at radius 3 is 2.29 bits per heavy atom. The first-order valence-corrected chi connectivity index (χ1v) is 6.93. The molecule has 0 aliphatic rings. The second-order valence-corrected chi connectivity index (χ2v) is 5.65. The molecule has 5 heteroatoms. The summed E-state index contributed by atoms with van der Waals surface area (Å²) in [4.78, 5) is 4.43. The summed E-state index contributed by atoms with van der Waals surface area (Å²) < 4.78 is 22.5. The number of sulfone groups is 1. The van der Waals surface area contributed by atoms with E-state index in [2.05, 4.69) is 10.3 Å². The minimum atomic E-state index is -3.14. The van der Waals surface area contributed by atoms with Crippen LogP contribution in [0.1, 0.15) is 0 Å². The molecule has 0 radical (unpaired) electrons. The van der Waals surface area contributed by atoms with E-state index in [1.807, 2.05) is 18.2 Å². The molecule has 88 valence electrons. The lowest BCUT2D eigenvalue weighted by atomic mass is 10.3. The average Bonchev–Trinajstić information content (AvgIpc) is 2.30. The van der Waals surface area contributed by atoms with Gasteiger partial charge in [0.15, 0.2) is 9.84 Å². The van der Waals surface area contributed by atoms with Crippen LogP contribution in [0.5, 0.6) is 0 Å². The molecule has 2 rings (SSSR count). The van der Waals surface area contributed by atoms with Gasteiger partial charge >= 0.3 is 0 Å². The first-order valence-electron chi connectivity index (χ1n) is 5.04. The van der Waals surface area contributed by atoms with Crippen LogP contribution in [0.15, 0.2) is 53.6 Å². The highest BCUT2D eigenvalue weighted by Crippen LogP contribution is 2.17. The van der Waals surface area contributed by atoms with E-state index in [0.29, 0.717) is 4.90 Å². The third-order valence-electron chi connectivity index (χ3n) is 2.22. The molecule has 17 heavy (non-hydrogen) atoms. The maximum atomic E-state index is 11.3. The summed E-state index contributed by atoms with van der Waals surface area (Å²) in [6.45, 7) is 0. The van der Waals surface area contributed by atoms with E-state index < -0.39 is 9.84 Å². The van der Waals surface area contributed by atoms with Gasteiger partial charge in [-0.3, -0.25) is 0 Å². The molecular formula is C12H12N2O2S. The first kappa shape index (κ1) is 11.6. The number of hydrogen-bond acceptors (Lipinski definition) is 4. The third-order valence-corrected chi connectivity index (χ3v) is 3.35. The molecule has 0 atom stereocenters. The monoisotopic (exact) mass is 248 g/mol. The van der Waals surface area contributed by atoms with Crippen molar-refractivity contribution >= 4 is 21.3 Å². The van der Waals surface area contributed by atoms with Gasteiger partial charge in [0.2, 0.25) is 0 Å². The fourth-order valence-corrected chi connectivity index (χ4v) is 2.00. The molecule has 0 unspecified atom stereocenters. The van der Waals surface area contributed by atoms with Crippen molar-refractivity contribution in [2.45, 2.75) is 4.90 Å². The smallest absolute Gasteiger partial charge is 0.175 e. The molecule has 1 aromatic heterocycles. The minimum Gasteiger partial charge on any atom is -0.340 e. The Balaban J connectivity index is 2.20. The van der Waals surface area contributed by atoms with Gasteiger partial charge in [0, 0.05) is 18.1 Å². The highest BCUT2D eigenvalue weighted by atomic mass is 32.2. The molecule has 1 aromatic carbocycles. The number of nitrogens with zero attached hydrogens (tertiary/aromatic N) is 1. The van der Waals surface area contributed by atoms with Crippen LogP contribution in [0.4, 0.5) is 11.5 Å². The minimum absolute atomic E-state index is 0.309. The van der Waals surface area contributed by atoms with E-state index >= 15 is 0 Å². The summed E-state index contributed by atoms with van der Waals surface area (Å²) in [6.07, 6.45) is 2.88. The van der Waals surface area contributed by atoms with Crippen LogP contribution in [-0.4, -0.2) is 19.7 Å². The van der Waals surface area contributed by atoms with Crippen molar-refractivity contribution < 1.29 is 8.42 Å². The largest absolute Gasteiger partial charge is 0.340 e. The van der Waals surface area contributed by atoms with Crippen LogP contribution in [0.25, 0.3) is 0 Å². The fraction of sp³-hybridized carbons (Fsp3) is 0.0833. The van der Waals surface area contributed by atoms with E-state index in [1.54, 1.807) is 30.5 Å². The molecule has 1 N–H and O–H groups in total. The van der Waals surface area contributed by atoms with Gasteiger partial charge in [0.25, 0.3) is 0 Å². The van der Waals surface area contributed by atoms with Crippen molar-refractivity contribution in [3.8, 4) is 0 Å². The van der Waals surface area contributed by atoms with E-state index in [4.69, 9.17) is 0 Å². The summed E-state index contributed by atoms with van der Waals surface area (Å²) in [5.41, 5.74) is 0.802. The molecule has 0 fully saturated rings. The second-order valence-electron chi connectivity index (χ2n) is 3.64. The van der Waals surface area contributed by atoms with Gasteiger partial charge in [0.1, 0.15) is 5.82 Å². The molecule has 0 aliphatic heterocycles. The van der Waals surface area contributed by atoms with E-state index in [-0.39, 0.29) is 0 Å². The zero-order valence-corrected chi connectivity index (χ0v) is 10.1. The van der Waals surface area contributed by atoms with E-state index in [1.165, 1.54) is 6.26 Å². The first-order chi connectivity index (χ1) is 8.05. The topological polar surface area (TPSA) is 59.1 Å². The average molecular weight is 248 g/mol. The molecule has 0 spiro atoms. The zero-order valence-electron chi connectivity index (χ0n) is 9.29. The standard InChI is InChI=1S/C12H12N2O2S/c1-17(15,16)11-7-5-10(6-8-11)14-12-4-2-3-9-13-12/h2-9H,1H3,(H,13,14). The lowest BCUT2D eigenvalue weighted by Crippen LogP contribution is -1.97. The van der Waals surface area contributed by atoms with Gasteiger partial charge in [-0.15, -0.1) is 0 Å². The fourth-order valence-electron chi connectivity index (χ4n) is 1.37. The molecule has 0 bridgehead atoms. The molecular weight excluding hydrogens is 236 g/mol. The van der Waals surface area contributed by atoms with Crippen LogP contribution in [-0.2, 0) is 9.84 Å². The molecule has 0 saturated carbocycles. The van der Waals surface area contributed by atoms with Crippen molar-refractivity contribution in [3.63, 3.8) is 0 Å². The van der Waals surface area contributed by atoms with Crippen LogP contribution in [0.2, 0.25) is 0 Å². The van der Waals surface area contributed by atoms with Gasteiger partial charge in [-0.2, -0.15) is 0 Å². The molecule has 2 aromatic rings. The second kappa shape index (κ2) is 4.55. The number of hydrogen-bond donors (Lipinski definition) is 1. The summed E-state index contributed by atoms with van der Waals surface area (Å²) in [6, 6.07) is 12.1. The van der Waals surface area contributed by atoms with Crippen molar-refractivity contribution in [2.75, 3.05) is 11.6 Å². The molecule has 0 aliphatic carbocycles. The van der Waals surface area contributed by atoms with Crippen LogP contribution in [0, 0.1) is 0 Å². The van der Waals surface area contributed by atoms with Gasteiger partial charge in [-0.25, -0.2) is 13.4 Å². The van der Waals surface area contributed by atoms with E-state index in [9.17, 15) is 8.42 Å². The quantitative estimate of drug-likeness (QED) is 0.904. The molecule has 0 amide bonds. The molecule has 1 heterocycles.